The number of hydrogen-bond acceptors (Lipinski definition) is 7. The number of carbonyl (C=O) groups excluding carboxylic acids is 2. The average molecular weight is 445 g/mol. The number of nitrogens with one attached hydrogen (secondary N) is 1. The number of furan rings is 1. The molecular formula is C22H24N2O6S. The molecule has 1 amide bonds. The predicted octanol–water partition coefficient (Wildman–Crippen LogP) is 3.14. The van der Waals surface area contributed by atoms with Gasteiger partial charge in [-0.25, -0.2) is 13.2 Å². The van der Waals surface area contributed by atoms with E-state index in [-0.39, 0.29) is 16.2 Å². The van der Waals surface area contributed by atoms with Gasteiger partial charge in [0.25, 0.3) is 5.91 Å². The Morgan fingerprint density at radius 1 is 1.19 bits per heavy atom. The maximum Gasteiger partial charge on any atom is 0.375 e. The Morgan fingerprint density at radius 3 is 2.52 bits per heavy atom. The van der Waals surface area contributed by atoms with Crippen LogP contribution in [0.5, 0.6) is 0 Å². The van der Waals surface area contributed by atoms with Crippen molar-refractivity contribution < 1.29 is 27.2 Å². The van der Waals surface area contributed by atoms with E-state index >= 15 is 0 Å². The molecule has 1 atom stereocenters. The van der Waals surface area contributed by atoms with E-state index in [4.69, 9.17) is 9.15 Å². The van der Waals surface area contributed by atoms with Crippen molar-refractivity contribution in [3.63, 3.8) is 0 Å². The molecule has 1 N–H and O–H groups in total. The lowest BCUT2D eigenvalue weighted by Crippen LogP contribution is -2.52. The van der Waals surface area contributed by atoms with Gasteiger partial charge in [0.2, 0.25) is 5.76 Å². The van der Waals surface area contributed by atoms with E-state index in [1.54, 1.807) is 18.2 Å². The summed E-state index contributed by atoms with van der Waals surface area (Å²) in [5.41, 5.74) is -0.808. The summed E-state index contributed by atoms with van der Waals surface area (Å²) in [5.74, 6) is -2.25. The lowest BCUT2D eigenvalue weighted by Gasteiger charge is -2.32. The highest BCUT2D eigenvalue weighted by Crippen LogP contribution is 2.28. The van der Waals surface area contributed by atoms with Crippen LogP contribution in [-0.4, -0.2) is 31.9 Å². The molecule has 0 bridgehead atoms. The zero-order chi connectivity index (χ0) is 22.5. The molecule has 2 aromatic rings. The minimum atomic E-state index is -3.70. The molecular weight excluding hydrogens is 420 g/mol. The van der Waals surface area contributed by atoms with Gasteiger partial charge in [-0.2, -0.15) is 5.26 Å². The van der Waals surface area contributed by atoms with Gasteiger partial charge < -0.3 is 14.5 Å². The van der Waals surface area contributed by atoms with Gasteiger partial charge in [-0.15, -0.1) is 0 Å². The molecule has 0 aliphatic heterocycles. The number of rotatable bonds is 7. The summed E-state index contributed by atoms with van der Waals surface area (Å²) in [4.78, 5) is 25.2. The highest BCUT2D eigenvalue weighted by atomic mass is 32.2. The van der Waals surface area contributed by atoms with E-state index < -0.39 is 39.1 Å². The Labute approximate surface area is 181 Å². The maximum atomic E-state index is 12.6. The molecule has 0 spiro atoms. The molecule has 1 fully saturated rings. The van der Waals surface area contributed by atoms with Crippen molar-refractivity contribution in [3.05, 3.63) is 54.0 Å². The van der Waals surface area contributed by atoms with Crippen LogP contribution in [-0.2, 0) is 25.1 Å². The van der Waals surface area contributed by atoms with Gasteiger partial charge in [0, 0.05) is 5.56 Å². The first-order valence-electron chi connectivity index (χ1n) is 10.0. The van der Waals surface area contributed by atoms with Crippen LogP contribution in [0.15, 0.2) is 52.0 Å². The van der Waals surface area contributed by atoms with Crippen LogP contribution < -0.4 is 5.32 Å². The molecule has 8 nitrogen and oxygen atoms in total. The third-order valence-corrected chi connectivity index (χ3v) is 7.00. The van der Waals surface area contributed by atoms with Crippen molar-refractivity contribution in [2.75, 3.05) is 0 Å². The fraction of sp³-hybridized carbons (Fsp3) is 0.409. The van der Waals surface area contributed by atoms with Gasteiger partial charge in [-0.1, -0.05) is 37.5 Å². The van der Waals surface area contributed by atoms with Crippen molar-refractivity contribution in [3.8, 4) is 6.07 Å². The normalized spacial score (nSPS) is 16.6. The molecule has 31 heavy (non-hydrogen) atoms. The van der Waals surface area contributed by atoms with E-state index in [0.29, 0.717) is 12.8 Å². The van der Waals surface area contributed by atoms with E-state index in [2.05, 4.69) is 11.4 Å². The van der Waals surface area contributed by atoms with Gasteiger partial charge in [0.15, 0.2) is 15.9 Å². The Balaban J connectivity index is 1.67. The minimum absolute atomic E-state index is 0.123. The molecule has 1 aromatic heterocycles. The molecule has 9 heteroatoms. The summed E-state index contributed by atoms with van der Waals surface area (Å²) in [6.45, 7) is 1.39. The van der Waals surface area contributed by atoms with Crippen LogP contribution in [0.1, 0.15) is 55.1 Å². The van der Waals surface area contributed by atoms with Crippen LogP contribution in [0.25, 0.3) is 0 Å². The number of nitrogens with zero attached hydrogens (tertiary/aromatic N) is 1. The first-order valence-corrected chi connectivity index (χ1v) is 11.7. The molecule has 3 rings (SSSR count). The molecule has 1 aromatic carbocycles. The van der Waals surface area contributed by atoms with Crippen LogP contribution in [0.4, 0.5) is 0 Å². The highest BCUT2D eigenvalue weighted by molar-refractivity contribution is 7.90. The zero-order valence-corrected chi connectivity index (χ0v) is 18.0. The first kappa shape index (κ1) is 22.6. The largest absolute Gasteiger partial charge is 0.457 e. The summed E-state index contributed by atoms with van der Waals surface area (Å²) in [6.07, 6.45) is 3.82. The summed E-state index contributed by atoms with van der Waals surface area (Å²) in [5, 5.41) is 12.2. The third-order valence-electron chi connectivity index (χ3n) is 5.32. The summed E-state index contributed by atoms with van der Waals surface area (Å²) in [7, 11) is -3.70. The monoisotopic (exact) mass is 444 g/mol. The standard InChI is InChI=1S/C22H24N2O6S/c1-16(20(25)24-22(15-23)11-6-3-7-12-22)30-21(26)19-17(10-13-29-19)14-31(27,28)18-8-4-2-5-9-18/h2,4-5,8-10,13,16H,3,6-7,11-12,14H2,1H3,(H,24,25). The zero-order valence-electron chi connectivity index (χ0n) is 17.2. The molecule has 1 saturated carbocycles. The molecule has 0 radical (unpaired) electrons. The van der Waals surface area contributed by atoms with Gasteiger partial charge in [0.1, 0.15) is 5.54 Å². The van der Waals surface area contributed by atoms with E-state index in [1.807, 2.05) is 0 Å². The number of carbonyl (C=O) groups is 2. The summed E-state index contributed by atoms with van der Waals surface area (Å²) < 4.78 is 35.6. The quantitative estimate of drug-likeness (QED) is 0.650. The number of esters is 1. The number of benzene rings is 1. The maximum absolute atomic E-state index is 12.6. The fourth-order valence-electron chi connectivity index (χ4n) is 3.57. The number of amides is 1. The van der Waals surface area contributed by atoms with Gasteiger partial charge in [-0.05, 0) is 38.0 Å². The molecule has 164 valence electrons. The van der Waals surface area contributed by atoms with Gasteiger partial charge in [-0.3, -0.25) is 4.79 Å². The van der Waals surface area contributed by atoms with Crippen molar-refractivity contribution >= 4 is 21.7 Å². The van der Waals surface area contributed by atoms with Crippen LogP contribution in [0, 0.1) is 11.3 Å². The van der Waals surface area contributed by atoms with Crippen molar-refractivity contribution in [1.29, 1.82) is 5.26 Å². The van der Waals surface area contributed by atoms with Gasteiger partial charge >= 0.3 is 5.97 Å². The lowest BCUT2D eigenvalue weighted by molar-refractivity contribution is -0.130. The van der Waals surface area contributed by atoms with Crippen molar-refractivity contribution in [1.82, 2.24) is 5.32 Å². The number of sulfone groups is 1. The second kappa shape index (κ2) is 9.35. The number of ether oxygens (including phenoxy) is 1. The summed E-state index contributed by atoms with van der Waals surface area (Å²) >= 11 is 0. The second-order valence-electron chi connectivity index (χ2n) is 7.64. The second-order valence-corrected chi connectivity index (χ2v) is 9.63. The number of nitriles is 1. The van der Waals surface area contributed by atoms with E-state index in [9.17, 15) is 23.3 Å². The van der Waals surface area contributed by atoms with E-state index in [1.165, 1.54) is 31.4 Å². The van der Waals surface area contributed by atoms with Crippen LogP contribution in [0.3, 0.4) is 0 Å². The molecule has 1 unspecified atom stereocenters. The molecule has 1 aliphatic carbocycles. The van der Waals surface area contributed by atoms with Crippen LogP contribution >= 0.6 is 0 Å². The van der Waals surface area contributed by atoms with Crippen molar-refractivity contribution in [2.45, 2.75) is 61.3 Å². The Kier molecular flexibility index (Phi) is 6.81. The predicted molar refractivity (Wildman–Crippen MR) is 110 cm³/mol. The van der Waals surface area contributed by atoms with Crippen molar-refractivity contribution in [2.24, 2.45) is 0 Å². The third kappa shape index (κ3) is 5.33. The topological polar surface area (TPSA) is 126 Å². The smallest absolute Gasteiger partial charge is 0.375 e. The highest BCUT2D eigenvalue weighted by Gasteiger charge is 2.36. The lowest BCUT2D eigenvalue weighted by atomic mass is 9.83. The Hall–Kier alpha value is -3.12. The van der Waals surface area contributed by atoms with E-state index in [0.717, 1.165) is 19.3 Å². The minimum Gasteiger partial charge on any atom is -0.457 e. The SMILES string of the molecule is CC(OC(=O)c1occc1CS(=O)(=O)c1ccccc1)C(=O)NC1(C#N)CCCCC1. The molecule has 1 heterocycles. The first-order chi connectivity index (χ1) is 14.8. The summed E-state index contributed by atoms with van der Waals surface area (Å²) in [6, 6.07) is 11.4. The molecule has 0 saturated heterocycles. The Bertz CT molecular complexity index is 1080. The van der Waals surface area contributed by atoms with Gasteiger partial charge in [0.05, 0.1) is 23.0 Å². The fourth-order valence-corrected chi connectivity index (χ4v) is 4.94. The average Bonchev–Trinajstić information content (AvgIpc) is 3.22. The Morgan fingerprint density at radius 2 is 1.87 bits per heavy atom. The molecule has 1 aliphatic rings. The number of hydrogen-bond donors (Lipinski definition) is 1. The van der Waals surface area contributed by atoms with Crippen LogP contribution in [0.2, 0.25) is 0 Å².